The maximum absolute atomic E-state index is 5.76. The third-order valence-electron chi connectivity index (χ3n) is 3.29. The number of H-pyrrole nitrogens is 1. The number of nitrogen functional groups attached to an aromatic ring is 1. The van der Waals surface area contributed by atoms with Crippen LogP contribution in [-0.2, 0) is 44.8 Å². The molecule has 1 aromatic heterocycles. The van der Waals surface area contributed by atoms with Gasteiger partial charge in [0, 0.05) is 51.4 Å². The van der Waals surface area contributed by atoms with Crippen LogP contribution >= 0.6 is 0 Å². The summed E-state index contributed by atoms with van der Waals surface area (Å²) in [5.41, 5.74) is 12.1. The number of nitrogens with one attached hydrogen (secondary N) is 3. The molecular formula is C10H18Ag2N10. The summed E-state index contributed by atoms with van der Waals surface area (Å²) in [4.78, 5) is 12.8. The minimum absolute atomic E-state index is 0. The summed E-state index contributed by atoms with van der Waals surface area (Å²) in [6.45, 7) is 1.25. The van der Waals surface area contributed by atoms with E-state index in [4.69, 9.17) is 11.5 Å². The fourth-order valence-electron chi connectivity index (χ4n) is 2.19. The topological polar surface area (TPSA) is 167 Å². The molecule has 3 atom stereocenters. The number of aromatic amines is 1. The number of amidine groups is 1. The largest absolute Gasteiger partial charge is 0.631 e. The van der Waals surface area contributed by atoms with Gasteiger partial charge in [-0.2, -0.15) is 0 Å². The maximum atomic E-state index is 5.76. The van der Waals surface area contributed by atoms with Crippen LogP contribution < -0.4 is 36.7 Å². The summed E-state index contributed by atoms with van der Waals surface area (Å²) in [7, 11) is 0. The molecule has 2 radical (unpaired) electrons. The first kappa shape index (κ1) is 19.4. The number of hydrogen-bond acceptors (Lipinski definition) is 2. The van der Waals surface area contributed by atoms with Crippen molar-refractivity contribution >= 4 is 18.0 Å². The zero-order valence-electron chi connectivity index (χ0n) is 11.4. The quantitative estimate of drug-likeness (QED) is 0.227. The first-order valence-electron chi connectivity index (χ1n) is 6.36. The van der Waals surface area contributed by atoms with Crippen molar-refractivity contribution < 1.29 is 65.0 Å². The summed E-state index contributed by atoms with van der Waals surface area (Å²) in [5, 5.41) is 14.4. The van der Waals surface area contributed by atoms with E-state index >= 15 is 0 Å². The van der Waals surface area contributed by atoms with E-state index in [0.29, 0.717) is 18.3 Å². The van der Waals surface area contributed by atoms with Crippen molar-refractivity contribution in [3.05, 3.63) is 28.0 Å². The summed E-state index contributed by atoms with van der Waals surface area (Å²) in [5.74, 6) is 1.30. The number of aromatic nitrogens is 2. The first-order chi connectivity index (χ1) is 9.75. The van der Waals surface area contributed by atoms with Crippen molar-refractivity contribution in [3.8, 4) is 0 Å². The van der Waals surface area contributed by atoms with E-state index in [9.17, 15) is 0 Å². The zero-order valence-corrected chi connectivity index (χ0v) is 14.4. The Morgan fingerprint density at radius 1 is 1.32 bits per heavy atom. The van der Waals surface area contributed by atoms with E-state index in [-0.39, 0.29) is 63.1 Å². The van der Waals surface area contributed by atoms with Crippen LogP contribution in [0.5, 0.6) is 0 Å². The van der Waals surface area contributed by atoms with Gasteiger partial charge in [0.2, 0.25) is 0 Å². The molecular weight excluding hydrogens is 476 g/mol. The van der Waals surface area contributed by atoms with Crippen molar-refractivity contribution in [2.45, 2.75) is 18.4 Å². The van der Waals surface area contributed by atoms with Gasteiger partial charge in [-0.1, -0.05) is 0 Å². The molecule has 9 N–H and O–H groups in total. The second-order valence-corrected chi connectivity index (χ2v) is 4.57. The van der Waals surface area contributed by atoms with Gasteiger partial charge in [0.15, 0.2) is 6.17 Å². The molecule has 1 saturated heterocycles. The average Bonchev–Trinajstić information content (AvgIpc) is 3.08. The smallest absolute Gasteiger partial charge is 0.288 e. The summed E-state index contributed by atoms with van der Waals surface area (Å²) in [6.07, 6.45) is 3.44. The number of nitrogens with zero attached hydrogens (tertiary/aromatic N) is 4. The Morgan fingerprint density at radius 2 is 2.14 bits per heavy atom. The number of imidazole rings is 1. The Morgan fingerprint density at radius 3 is 2.86 bits per heavy atom. The van der Waals surface area contributed by atoms with Crippen LogP contribution in [0.1, 0.15) is 5.69 Å². The van der Waals surface area contributed by atoms with Crippen molar-refractivity contribution in [1.29, 1.82) is 0 Å². The second kappa shape index (κ2) is 8.82. The van der Waals surface area contributed by atoms with E-state index in [1.54, 1.807) is 12.7 Å². The molecule has 0 aliphatic carbocycles. The molecule has 4 rings (SSSR count). The molecule has 1 fully saturated rings. The van der Waals surface area contributed by atoms with Gasteiger partial charge in [-0.05, 0) is 18.7 Å². The summed E-state index contributed by atoms with van der Waals surface area (Å²) in [6, 6.07) is 0.216. The Hall–Kier alpha value is -0.689. The molecule has 0 saturated carbocycles. The fourth-order valence-corrected chi connectivity index (χ4v) is 2.19. The third-order valence-corrected chi connectivity index (χ3v) is 3.29. The van der Waals surface area contributed by atoms with Gasteiger partial charge in [0.25, 0.3) is 5.84 Å². The van der Waals surface area contributed by atoms with Gasteiger partial charge in [-0.25, -0.2) is 0 Å². The van der Waals surface area contributed by atoms with Gasteiger partial charge >= 0.3 is 0 Å². The summed E-state index contributed by atoms with van der Waals surface area (Å²) >= 11 is 0. The average molecular weight is 494 g/mol. The number of fused-ring (bicyclic) bond motifs is 2. The van der Waals surface area contributed by atoms with E-state index < -0.39 is 0 Å². The van der Waals surface area contributed by atoms with E-state index in [2.05, 4.69) is 35.9 Å². The van der Waals surface area contributed by atoms with Gasteiger partial charge in [0.05, 0.1) is 18.7 Å². The van der Waals surface area contributed by atoms with E-state index in [1.165, 1.54) is 0 Å². The molecule has 0 aromatic carbocycles. The Bertz CT molecular complexity index is 530. The molecule has 3 aliphatic rings. The fraction of sp³-hybridized carbons (Fsp3) is 0.500. The van der Waals surface area contributed by atoms with Crippen LogP contribution in [0.4, 0.5) is 5.82 Å². The van der Waals surface area contributed by atoms with Gasteiger partial charge in [-0.3, -0.25) is 26.8 Å². The van der Waals surface area contributed by atoms with Crippen molar-refractivity contribution in [2.24, 2.45) is 11.5 Å². The molecule has 12 heteroatoms. The molecule has 1 aromatic rings. The maximum Gasteiger partial charge on any atom is 0.288 e. The van der Waals surface area contributed by atoms with Crippen molar-refractivity contribution in [1.82, 2.24) is 4.98 Å². The number of rotatable bonds is 0. The molecule has 0 amide bonds. The van der Waals surface area contributed by atoms with Gasteiger partial charge < -0.3 is 25.9 Å². The van der Waals surface area contributed by atoms with Crippen LogP contribution in [0, 0.1) is 0 Å². The van der Waals surface area contributed by atoms with E-state index in [0.717, 1.165) is 12.4 Å². The monoisotopic (exact) mass is 492 g/mol. The summed E-state index contributed by atoms with van der Waals surface area (Å²) < 4.78 is 0. The van der Waals surface area contributed by atoms with Crippen LogP contribution in [0.2, 0.25) is 0 Å². The van der Waals surface area contributed by atoms with Crippen LogP contribution in [0.25, 0.3) is 16.0 Å². The van der Waals surface area contributed by atoms with Crippen molar-refractivity contribution in [3.63, 3.8) is 0 Å². The first-order valence-corrected chi connectivity index (χ1v) is 6.36. The molecule has 10 nitrogen and oxygen atoms in total. The Kier molecular flexibility index (Phi) is 7.76. The van der Waals surface area contributed by atoms with E-state index in [1.807, 2.05) is 5.32 Å². The molecule has 3 unspecified atom stereocenters. The Labute approximate surface area is 158 Å². The predicted octanol–water partition coefficient (Wildman–Crippen LogP) is -6.41. The zero-order chi connectivity index (χ0) is 13.9. The predicted molar refractivity (Wildman–Crippen MR) is 69.6 cm³/mol. The minimum atomic E-state index is 0. The van der Waals surface area contributed by atoms with Gasteiger partial charge in [-0.15, -0.1) is 0 Å². The number of hydrogen-bond donors (Lipinski definition) is 5. The molecule has 3 aliphatic heterocycles. The van der Waals surface area contributed by atoms with Crippen LogP contribution in [-0.4, -0.2) is 43.9 Å². The standard InChI is InChI=1S/C5H9N5.C5H5N5.2Ag/c2*6-4-3-5(9-1-7-3)10-2-8-4;;/h1,3-5,8H,2,6H2;1H,2H2,(H2-,6,7,8,9);;/q2*-2;;/p+4. The number of quaternary nitrogens is 1. The van der Waals surface area contributed by atoms with Crippen LogP contribution in [0.3, 0.4) is 0 Å². The number of nitrogens with two attached hydrogens (primary N) is 3. The molecule has 4 heterocycles. The third kappa shape index (κ3) is 4.19. The molecule has 0 spiro atoms. The van der Waals surface area contributed by atoms with Crippen LogP contribution in [0.15, 0.2) is 6.33 Å². The Balaban J connectivity index is 0.000000202. The minimum Gasteiger partial charge on any atom is -0.631 e. The second-order valence-electron chi connectivity index (χ2n) is 4.57. The van der Waals surface area contributed by atoms with Crippen molar-refractivity contribution in [2.75, 3.05) is 13.3 Å². The normalized spacial score (nSPS) is 27.3. The molecule has 0 bridgehead atoms. The SMILES string of the molecule is NC1=[NH+]C[N-]c2[n-]c[nH+]c21.NC1[NH2+]C[N-]C2[N-]C=[NH+]C21.[Ag].[Ag]. The van der Waals surface area contributed by atoms with Gasteiger partial charge in [0.1, 0.15) is 5.69 Å². The molecule has 22 heavy (non-hydrogen) atoms. The molecule has 130 valence electrons.